The summed E-state index contributed by atoms with van der Waals surface area (Å²) in [5.41, 5.74) is 1.07. The second-order valence-corrected chi connectivity index (χ2v) is 4.76. The molecule has 0 aliphatic heterocycles. The summed E-state index contributed by atoms with van der Waals surface area (Å²) in [4.78, 5) is 11.2. The predicted molar refractivity (Wildman–Crippen MR) is 60.7 cm³/mol. The lowest BCUT2D eigenvalue weighted by Crippen LogP contribution is -2.40. The Balaban J connectivity index is 2.58. The van der Waals surface area contributed by atoms with Gasteiger partial charge in [0, 0.05) is 13.0 Å². The van der Waals surface area contributed by atoms with E-state index in [0.29, 0.717) is 5.92 Å². The summed E-state index contributed by atoms with van der Waals surface area (Å²) in [5.74, 6) is 0.429. The van der Waals surface area contributed by atoms with E-state index in [2.05, 4.69) is 18.3 Å². The van der Waals surface area contributed by atoms with E-state index in [1.54, 1.807) is 7.05 Å². The molecule has 1 aliphatic carbocycles. The molecule has 0 saturated heterocycles. The van der Waals surface area contributed by atoms with Crippen molar-refractivity contribution < 1.29 is 9.53 Å². The zero-order valence-corrected chi connectivity index (χ0v) is 10.1. The Hall–Kier alpha value is -0.990. The van der Waals surface area contributed by atoms with Crippen LogP contribution >= 0.6 is 0 Å². The molecule has 1 amide bonds. The van der Waals surface area contributed by atoms with Gasteiger partial charge in [0.1, 0.15) is 5.60 Å². The van der Waals surface area contributed by atoms with Crippen molar-refractivity contribution in [1.29, 1.82) is 0 Å². The summed E-state index contributed by atoms with van der Waals surface area (Å²) < 4.78 is 5.38. The van der Waals surface area contributed by atoms with Crippen LogP contribution in [-0.2, 0) is 4.74 Å². The second kappa shape index (κ2) is 4.69. The van der Waals surface area contributed by atoms with Gasteiger partial charge in [-0.1, -0.05) is 11.6 Å². The molecule has 0 radical (unpaired) electrons. The van der Waals surface area contributed by atoms with Crippen molar-refractivity contribution in [2.75, 3.05) is 7.05 Å². The van der Waals surface area contributed by atoms with E-state index in [0.717, 1.165) is 19.3 Å². The van der Waals surface area contributed by atoms with E-state index in [1.807, 2.05) is 13.8 Å². The summed E-state index contributed by atoms with van der Waals surface area (Å²) >= 11 is 0. The molecule has 86 valence electrons. The number of ether oxygens (including phenoxy) is 1. The smallest absolute Gasteiger partial charge is 0.407 e. The minimum Gasteiger partial charge on any atom is -0.443 e. The van der Waals surface area contributed by atoms with Crippen LogP contribution in [0.25, 0.3) is 0 Å². The first-order valence-electron chi connectivity index (χ1n) is 5.52. The van der Waals surface area contributed by atoms with Crippen LogP contribution in [0, 0.1) is 5.92 Å². The first-order valence-corrected chi connectivity index (χ1v) is 5.52. The molecule has 0 fully saturated rings. The van der Waals surface area contributed by atoms with Gasteiger partial charge in [-0.25, -0.2) is 4.79 Å². The van der Waals surface area contributed by atoms with E-state index >= 15 is 0 Å². The van der Waals surface area contributed by atoms with Gasteiger partial charge in [-0.15, -0.1) is 0 Å². The third kappa shape index (κ3) is 3.26. The Morgan fingerprint density at radius 1 is 1.60 bits per heavy atom. The highest BCUT2D eigenvalue weighted by Gasteiger charge is 2.33. The van der Waals surface area contributed by atoms with Gasteiger partial charge in [-0.05, 0) is 40.0 Å². The quantitative estimate of drug-likeness (QED) is 0.713. The van der Waals surface area contributed by atoms with Crippen LogP contribution in [0.15, 0.2) is 11.6 Å². The van der Waals surface area contributed by atoms with Gasteiger partial charge >= 0.3 is 6.09 Å². The first kappa shape index (κ1) is 12.1. The third-order valence-electron chi connectivity index (χ3n) is 3.18. The number of nitrogens with one attached hydrogen (secondary N) is 1. The Labute approximate surface area is 91.9 Å². The lowest BCUT2D eigenvalue weighted by molar-refractivity contribution is -0.00868. The Morgan fingerprint density at radius 2 is 2.27 bits per heavy atom. The predicted octanol–water partition coefficient (Wildman–Crippen LogP) is 2.87. The number of hydrogen-bond donors (Lipinski definition) is 1. The lowest BCUT2D eigenvalue weighted by atomic mass is 9.79. The number of amides is 1. The minimum absolute atomic E-state index is 0.341. The SMILES string of the molecule is CNC(=O)OC(C)(C)C1CC=C(C)CC1. The molecule has 3 heteroatoms. The van der Waals surface area contributed by atoms with Crippen molar-refractivity contribution in [2.45, 2.75) is 45.6 Å². The molecular weight excluding hydrogens is 190 g/mol. The molecule has 0 aromatic carbocycles. The molecule has 0 heterocycles. The number of carbonyl (C=O) groups is 1. The summed E-state index contributed by atoms with van der Waals surface area (Å²) in [6.07, 6.45) is 5.14. The molecule has 3 nitrogen and oxygen atoms in total. The number of alkyl carbamates (subject to hydrolysis) is 1. The van der Waals surface area contributed by atoms with Gasteiger partial charge in [0.15, 0.2) is 0 Å². The lowest BCUT2D eigenvalue weighted by Gasteiger charge is -2.35. The fourth-order valence-corrected chi connectivity index (χ4v) is 1.97. The van der Waals surface area contributed by atoms with Crippen LogP contribution in [0.1, 0.15) is 40.0 Å². The van der Waals surface area contributed by atoms with Crippen molar-refractivity contribution in [2.24, 2.45) is 5.92 Å². The van der Waals surface area contributed by atoms with Gasteiger partial charge in [0.05, 0.1) is 0 Å². The zero-order valence-electron chi connectivity index (χ0n) is 10.1. The topological polar surface area (TPSA) is 38.3 Å². The first-order chi connectivity index (χ1) is 6.95. The molecule has 1 atom stereocenters. The van der Waals surface area contributed by atoms with E-state index in [-0.39, 0.29) is 11.7 Å². The molecule has 0 bridgehead atoms. The highest BCUT2D eigenvalue weighted by atomic mass is 16.6. The van der Waals surface area contributed by atoms with E-state index < -0.39 is 0 Å². The van der Waals surface area contributed by atoms with Gasteiger partial charge in [-0.3, -0.25) is 0 Å². The average molecular weight is 211 g/mol. The second-order valence-electron chi connectivity index (χ2n) is 4.76. The third-order valence-corrected chi connectivity index (χ3v) is 3.18. The Bertz CT molecular complexity index is 269. The monoisotopic (exact) mass is 211 g/mol. The van der Waals surface area contributed by atoms with E-state index in [9.17, 15) is 4.79 Å². The molecule has 1 unspecified atom stereocenters. The highest BCUT2D eigenvalue weighted by Crippen LogP contribution is 2.33. The van der Waals surface area contributed by atoms with E-state index in [1.165, 1.54) is 5.57 Å². The number of rotatable bonds is 2. The van der Waals surface area contributed by atoms with Crippen molar-refractivity contribution >= 4 is 6.09 Å². The maximum atomic E-state index is 11.2. The van der Waals surface area contributed by atoms with Gasteiger partial charge in [0.2, 0.25) is 0 Å². The summed E-state index contributed by atoms with van der Waals surface area (Å²) in [6.45, 7) is 6.13. The molecule has 1 N–H and O–H groups in total. The normalized spacial score (nSPS) is 21.9. The van der Waals surface area contributed by atoms with Gasteiger partial charge < -0.3 is 10.1 Å². The molecule has 0 aromatic rings. The number of allylic oxidation sites excluding steroid dienone is 2. The van der Waals surface area contributed by atoms with Crippen LogP contribution in [0.3, 0.4) is 0 Å². The molecule has 0 aromatic heterocycles. The molecule has 15 heavy (non-hydrogen) atoms. The molecule has 1 rings (SSSR count). The average Bonchev–Trinajstić information content (AvgIpc) is 2.17. The zero-order chi connectivity index (χ0) is 11.5. The van der Waals surface area contributed by atoms with Crippen molar-refractivity contribution in [1.82, 2.24) is 5.32 Å². The van der Waals surface area contributed by atoms with Crippen LogP contribution in [0.4, 0.5) is 4.79 Å². The molecule has 0 spiro atoms. The minimum atomic E-state index is -0.378. The molecule has 0 saturated carbocycles. The summed E-state index contributed by atoms with van der Waals surface area (Å²) in [5, 5.41) is 2.49. The maximum absolute atomic E-state index is 11.2. The van der Waals surface area contributed by atoms with Crippen LogP contribution in [-0.4, -0.2) is 18.7 Å². The largest absolute Gasteiger partial charge is 0.443 e. The highest BCUT2D eigenvalue weighted by molar-refractivity contribution is 5.67. The number of hydrogen-bond acceptors (Lipinski definition) is 2. The fraction of sp³-hybridized carbons (Fsp3) is 0.750. The van der Waals surface area contributed by atoms with Crippen molar-refractivity contribution in [3.63, 3.8) is 0 Å². The summed E-state index contributed by atoms with van der Waals surface area (Å²) in [6, 6.07) is 0. The van der Waals surface area contributed by atoms with Gasteiger partial charge in [0.25, 0.3) is 0 Å². The van der Waals surface area contributed by atoms with Crippen LogP contribution in [0.5, 0.6) is 0 Å². The van der Waals surface area contributed by atoms with Crippen LogP contribution < -0.4 is 5.32 Å². The molecular formula is C12H21NO2. The number of carbonyl (C=O) groups excluding carboxylic acids is 1. The molecule has 1 aliphatic rings. The van der Waals surface area contributed by atoms with Crippen molar-refractivity contribution in [3.8, 4) is 0 Å². The Morgan fingerprint density at radius 3 is 2.73 bits per heavy atom. The van der Waals surface area contributed by atoms with E-state index in [4.69, 9.17) is 4.74 Å². The standard InChI is InChI=1S/C12H21NO2/c1-9-5-7-10(8-6-9)12(2,3)15-11(14)13-4/h5,10H,6-8H2,1-4H3,(H,13,14). The Kier molecular flexibility index (Phi) is 3.77. The van der Waals surface area contributed by atoms with Crippen LogP contribution in [0.2, 0.25) is 0 Å². The summed E-state index contributed by atoms with van der Waals surface area (Å²) in [7, 11) is 1.59. The van der Waals surface area contributed by atoms with Gasteiger partial charge in [-0.2, -0.15) is 0 Å². The fourth-order valence-electron chi connectivity index (χ4n) is 1.97. The van der Waals surface area contributed by atoms with Crippen molar-refractivity contribution in [3.05, 3.63) is 11.6 Å². The maximum Gasteiger partial charge on any atom is 0.407 e.